The molecule has 0 aliphatic heterocycles. The predicted molar refractivity (Wildman–Crippen MR) is 87.4 cm³/mol. The van der Waals surface area contributed by atoms with Gasteiger partial charge in [-0.25, -0.2) is 9.18 Å². The van der Waals surface area contributed by atoms with Crippen LogP contribution in [0.4, 0.5) is 4.39 Å². The normalized spacial score (nSPS) is 12.6. The van der Waals surface area contributed by atoms with Crippen LogP contribution in [0.3, 0.4) is 0 Å². The summed E-state index contributed by atoms with van der Waals surface area (Å²) < 4.78 is 41.0. The summed E-state index contributed by atoms with van der Waals surface area (Å²) in [7, 11) is -1.24. The molecule has 0 aliphatic carbocycles. The highest BCUT2D eigenvalue weighted by Gasteiger charge is 2.37. The largest absolute Gasteiger partial charge is 0.445 e. The number of halogens is 1. The number of ether oxygens (including phenoxy) is 1. The van der Waals surface area contributed by atoms with Crippen LogP contribution in [0, 0.1) is 5.82 Å². The monoisotopic (exact) mass is 352 g/mol. The lowest BCUT2D eigenvalue weighted by Gasteiger charge is -2.24. The van der Waals surface area contributed by atoms with Crippen molar-refractivity contribution in [1.82, 2.24) is 0 Å². The number of hydrogen-bond donors (Lipinski definition) is 0. The molecule has 0 bridgehead atoms. The van der Waals surface area contributed by atoms with Gasteiger partial charge in [-0.3, -0.25) is 4.57 Å². The smallest absolute Gasteiger partial charge is 0.370 e. The average molecular weight is 352 g/mol. The minimum Gasteiger partial charge on any atom is -0.445 e. The molecule has 128 valence electrons. The Hall–Kier alpha value is -2.01. The fourth-order valence-corrected chi connectivity index (χ4v) is 3.39. The molecular formula is C17H18FO5P. The highest BCUT2D eigenvalue weighted by atomic mass is 31.2. The summed E-state index contributed by atoms with van der Waals surface area (Å²) in [4.78, 5) is 12.3. The fourth-order valence-electron chi connectivity index (χ4n) is 2.12. The lowest BCUT2D eigenvalue weighted by Crippen LogP contribution is -2.22. The quantitative estimate of drug-likeness (QED) is 0.556. The van der Waals surface area contributed by atoms with Crippen molar-refractivity contribution in [3.8, 4) is 0 Å². The van der Waals surface area contributed by atoms with Crippen LogP contribution in [0.15, 0.2) is 54.6 Å². The highest BCUT2D eigenvalue weighted by molar-refractivity contribution is 7.54. The van der Waals surface area contributed by atoms with Gasteiger partial charge < -0.3 is 13.8 Å². The van der Waals surface area contributed by atoms with Crippen molar-refractivity contribution in [3.05, 3.63) is 71.5 Å². The lowest BCUT2D eigenvalue weighted by atomic mass is 10.1. The Bertz CT molecular complexity index is 710. The average Bonchev–Trinajstić information content (AvgIpc) is 2.63. The summed E-state index contributed by atoms with van der Waals surface area (Å²) in [6.45, 7) is 0. The zero-order valence-electron chi connectivity index (χ0n) is 13.3. The predicted octanol–water partition coefficient (Wildman–Crippen LogP) is 4.04. The third-order valence-electron chi connectivity index (χ3n) is 3.44. The lowest BCUT2D eigenvalue weighted by molar-refractivity contribution is 0.0385. The Balaban J connectivity index is 2.24. The van der Waals surface area contributed by atoms with E-state index in [1.807, 2.05) is 0 Å². The SMILES string of the molecule is COP(=O)(OC)[C@@H](Cc1ccc(F)cc1)OC(=O)c1ccccc1. The second-order valence-corrected chi connectivity index (χ2v) is 7.35. The minimum absolute atomic E-state index is 0.0673. The van der Waals surface area contributed by atoms with Crippen molar-refractivity contribution >= 4 is 13.6 Å². The summed E-state index contributed by atoms with van der Waals surface area (Å²) in [5.41, 5.74) is 0.956. The molecule has 0 radical (unpaired) electrons. The van der Waals surface area contributed by atoms with Crippen LogP contribution in [-0.2, 0) is 24.8 Å². The highest BCUT2D eigenvalue weighted by Crippen LogP contribution is 2.53. The van der Waals surface area contributed by atoms with Crippen LogP contribution in [0.5, 0.6) is 0 Å². The molecule has 0 N–H and O–H groups in total. The van der Waals surface area contributed by atoms with Gasteiger partial charge in [0.05, 0.1) is 5.56 Å². The Labute approximate surface area is 139 Å². The first-order chi connectivity index (χ1) is 11.5. The van der Waals surface area contributed by atoms with Gasteiger partial charge >= 0.3 is 13.6 Å². The van der Waals surface area contributed by atoms with E-state index in [-0.39, 0.29) is 6.42 Å². The van der Waals surface area contributed by atoms with E-state index in [2.05, 4.69) is 0 Å². The van der Waals surface area contributed by atoms with E-state index in [1.165, 1.54) is 38.5 Å². The molecule has 0 unspecified atom stereocenters. The topological polar surface area (TPSA) is 61.8 Å². The van der Waals surface area contributed by atoms with E-state index in [0.717, 1.165) is 0 Å². The van der Waals surface area contributed by atoms with Crippen LogP contribution >= 0.6 is 7.60 Å². The summed E-state index contributed by atoms with van der Waals surface area (Å²) >= 11 is 0. The summed E-state index contributed by atoms with van der Waals surface area (Å²) in [6.07, 6.45) is 0.0673. The zero-order valence-corrected chi connectivity index (χ0v) is 14.2. The van der Waals surface area contributed by atoms with Gasteiger partial charge in [0.15, 0.2) is 0 Å². The third-order valence-corrected chi connectivity index (χ3v) is 5.45. The van der Waals surface area contributed by atoms with Gasteiger partial charge in [-0.2, -0.15) is 0 Å². The summed E-state index contributed by atoms with van der Waals surface area (Å²) in [5, 5.41) is 0. The Morgan fingerprint density at radius 2 is 1.62 bits per heavy atom. The molecule has 0 amide bonds. The van der Waals surface area contributed by atoms with Crippen molar-refractivity contribution in [3.63, 3.8) is 0 Å². The molecule has 0 saturated carbocycles. The molecule has 0 saturated heterocycles. The first kappa shape index (κ1) is 18.3. The molecular weight excluding hydrogens is 334 g/mol. The molecule has 0 aliphatic rings. The molecule has 2 aromatic rings. The van der Waals surface area contributed by atoms with Gasteiger partial charge in [-0.05, 0) is 29.8 Å². The molecule has 0 spiro atoms. The van der Waals surface area contributed by atoms with Gasteiger partial charge in [0, 0.05) is 20.6 Å². The van der Waals surface area contributed by atoms with Gasteiger partial charge in [-0.1, -0.05) is 30.3 Å². The van der Waals surface area contributed by atoms with E-state index >= 15 is 0 Å². The molecule has 0 heterocycles. The van der Waals surface area contributed by atoms with E-state index in [0.29, 0.717) is 11.1 Å². The summed E-state index contributed by atoms with van der Waals surface area (Å²) in [5.74, 6) is -2.18. The molecule has 7 heteroatoms. The number of hydrogen-bond acceptors (Lipinski definition) is 5. The molecule has 2 aromatic carbocycles. The van der Waals surface area contributed by atoms with Crippen molar-refractivity contribution in [2.45, 2.75) is 12.3 Å². The van der Waals surface area contributed by atoms with Gasteiger partial charge in [0.1, 0.15) is 5.82 Å². The number of rotatable bonds is 7. The molecule has 24 heavy (non-hydrogen) atoms. The maximum absolute atomic E-state index is 13.0. The van der Waals surface area contributed by atoms with Crippen LogP contribution in [0.1, 0.15) is 15.9 Å². The van der Waals surface area contributed by atoms with Gasteiger partial charge in [0.25, 0.3) is 0 Å². The van der Waals surface area contributed by atoms with E-state index in [9.17, 15) is 13.8 Å². The second kappa shape index (κ2) is 8.20. The Morgan fingerprint density at radius 1 is 1.04 bits per heavy atom. The summed E-state index contributed by atoms with van der Waals surface area (Å²) in [6, 6.07) is 13.9. The molecule has 0 fully saturated rings. The molecule has 0 aromatic heterocycles. The van der Waals surface area contributed by atoms with Crippen LogP contribution < -0.4 is 0 Å². The first-order valence-electron chi connectivity index (χ1n) is 7.20. The Kier molecular flexibility index (Phi) is 6.26. The Morgan fingerprint density at radius 3 is 2.17 bits per heavy atom. The molecule has 1 atom stereocenters. The van der Waals surface area contributed by atoms with Crippen molar-refractivity contribution in [2.75, 3.05) is 14.2 Å². The number of carbonyl (C=O) groups excluding carboxylic acids is 1. The fraction of sp³-hybridized carbons (Fsp3) is 0.235. The molecule has 2 rings (SSSR count). The maximum Gasteiger partial charge on any atom is 0.370 e. The maximum atomic E-state index is 13.0. The number of benzene rings is 2. The molecule has 5 nitrogen and oxygen atoms in total. The first-order valence-corrected chi connectivity index (χ1v) is 8.81. The minimum atomic E-state index is -3.68. The van der Waals surface area contributed by atoms with Gasteiger partial charge in [-0.15, -0.1) is 0 Å². The van der Waals surface area contributed by atoms with Crippen molar-refractivity contribution in [2.24, 2.45) is 0 Å². The van der Waals surface area contributed by atoms with Gasteiger partial charge in [0.2, 0.25) is 5.85 Å². The third kappa shape index (κ3) is 4.51. The van der Waals surface area contributed by atoms with Crippen molar-refractivity contribution < 1.29 is 27.5 Å². The van der Waals surface area contributed by atoms with E-state index in [4.69, 9.17) is 13.8 Å². The zero-order chi connectivity index (χ0) is 17.6. The van der Waals surface area contributed by atoms with Crippen molar-refractivity contribution in [1.29, 1.82) is 0 Å². The number of carbonyl (C=O) groups is 1. The van der Waals surface area contributed by atoms with Crippen LogP contribution in [-0.4, -0.2) is 26.0 Å². The van der Waals surface area contributed by atoms with Crippen LogP contribution in [0.2, 0.25) is 0 Å². The van der Waals surface area contributed by atoms with Crippen LogP contribution in [0.25, 0.3) is 0 Å². The van der Waals surface area contributed by atoms with E-state index in [1.54, 1.807) is 30.3 Å². The van der Waals surface area contributed by atoms with E-state index < -0.39 is 25.2 Å². The standard InChI is InChI=1S/C17H18FO5P/c1-21-24(20,22-2)16(12-13-8-10-15(18)11-9-13)23-17(19)14-6-4-3-5-7-14/h3-11,16H,12H2,1-2H3/t16-/m0/s1. The second-order valence-electron chi connectivity index (χ2n) is 4.96. The number of esters is 1.